The van der Waals surface area contributed by atoms with Crippen LogP contribution in [0, 0.1) is 6.92 Å². The van der Waals surface area contributed by atoms with Crippen LogP contribution in [0.2, 0.25) is 0 Å². The number of fused-ring (bicyclic) bond motifs is 1. The smallest absolute Gasteiger partial charge is 0.112 e. The van der Waals surface area contributed by atoms with Gasteiger partial charge in [-0.15, -0.1) is 11.3 Å². The molecule has 1 N–H and O–H groups in total. The van der Waals surface area contributed by atoms with Crippen LogP contribution in [0.25, 0.3) is 11.0 Å². The summed E-state index contributed by atoms with van der Waals surface area (Å²) in [7, 11) is 1.98. The molecule has 2 heterocycles. The summed E-state index contributed by atoms with van der Waals surface area (Å²) in [6.07, 6.45) is -0.116. The molecule has 0 fully saturated rings. The van der Waals surface area contributed by atoms with Gasteiger partial charge in [0.2, 0.25) is 0 Å². The number of aliphatic hydroxyl groups is 1. The second-order valence-electron chi connectivity index (χ2n) is 4.59. The number of hydrogen-bond donors (Lipinski definition) is 1. The summed E-state index contributed by atoms with van der Waals surface area (Å²) < 4.78 is 2.03. The number of aliphatic hydroxyl groups excluding tert-OH is 1. The molecule has 0 bridgehead atoms. The lowest BCUT2D eigenvalue weighted by molar-refractivity contribution is 0.171. The van der Waals surface area contributed by atoms with Crippen LogP contribution in [0.15, 0.2) is 29.6 Å². The Kier molecular flexibility index (Phi) is 3.08. The second kappa shape index (κ2) is 4.75. The Morgan fingerprint density at radius 1 is 1.32 bits per heavy atom. The van der Waals surface area contributed by atoms with Crippen LogP contribution in [-0.4, -0.2) is 19.6 Å². The Balaban J connectivity index is 1.91. The fraction of sp³-hybridized carbons (Fsp3) is 0.286. The van der Waals surface area contributed by atoms with Crippen LogP contribution < -0.4 is 0 Å². The Morgan fingerprint density at radius 2 is 2.11 bits per heavy atom. The van der Waals surface area contributed by atoms with E-state index < -0.39 is 6.10 Å². The third kappa shape index (κ3) is 2.27. The van der Waals surface area contributed by atoms with Gasteiger partial charge in [0.25, 0.3) is 0 Å². The number of nitrogens with zero attached hydrogens (tertiary/aromatic N) is 3. The monoisotopic (exact) mass is 273 g/mol. The maximum atomic E-state index is 10.2. The molecule has 0 amide bonds. The molecular formula is C14H15N3OS. The van der Waals surface area contributed by atoms with Crippen LogP contribution in [0.3, 0.4) is 0 Å². The molecule has 1 unspecified atom stereocenters. The first-order chi connectivity index (χ1) is 9.15. The summed E-state index contributed by atoms with van der Waals surface area (Å²) in [6.45, 7) is 1.94. The topological polar surface area (TPSA) is 50.9 Å². The lowest BCUT2D eigenvalue weighted by Crippen LogP contribution is -2.07. The highest BCUT2D eigenvalue weighted by Crippen LogP contribution is 2.22. The highest BCUT2D eigenvalue weighted by molar-refractivity contribution is 7.09. The molecule has 0 aliphatic rings. The minimum Gasteiger partial charge on any atom is -0.386 e. The van der Waals surface area contributed by atoms with Crippen molar-refractivity contribution in [3.63, 3.8) is 0 Å². The summed E-state index contributed by atoms with van der Waals surface area (Å²) in [5.74, 6) is 0.874. The van der Waals surface area contributed by atoms with Crippen molar-refractivity contribution in [1.29, 1.82) is 0 Å². The number of benzene rings is 1. The molecule has 2 aromatic heterocycles. The van der Waals surface area contributed by atoms with Gasteiger partial charge in [0.05, 0.1) is 21.7 Å². The number of aryl methyl sites for hydroxylation is 2. The summed E-state index contributed by atoms with van der Waals surface area (Å²) in [5, 5.41) is 13.1. The van der Waals surface area contributed by atoms with Gasteiger partial charge in [-0.05, 0) is 19.1 Å². The maximum Gasteiger partial charge on any atom is 0.112 e. The lowest BCUT2D eigenvalue weighted by Gasteiger charge is -2.07. The van der Waals surface area contributed by atoms with E-state index in [1.165, 1.54) is 0 Å². The molecule has 1 atom stereocenters. The van der Waals surface area contributed by atoms with Gasteiger partial charge >= 0.3 is 0 Å². The van der Waals surface area contributed by atoms with Gasteiger partial charge in [0, 0.05) is 18.8 Å². The fourth-order valence-corrected chi connectivity index (χ4v) is 2.85. The summed E-state index contributed by atoms with van der Waals surface area (Å²) in [6, 6.07) is 7.98. The van der Waals surface area contributed by atoms with Gasteiger partial charge in [-0.25, -0.2) is 9.97 Å². The van der Waals surface area contributed by atoms with Gasteiger partial charge in [0.1, 0.15) is 11.9 Å². The molecule has 0 aliphatic carbocycles. The summed E-state index contributed by atoms with van der Waals surface area (Å²) in [5.41, 5.74) is 2.77. The Morgan fingerprint density at radius 3 is 2.79 bits per heavy atom. The molecule has 5 heteroatoms. The normalized spacial score (nSPS) is 13.0. The number of aromatic nitrogens is 3. The molecule has 19 heavy (non-hydrogen) atoms. The van der Waals surface area contributed by atoms with E-state index in [-0.39, 0.29) is 0 Å². The number of hydrogen-bond acceptors (Lipinski definition) is 4. The molecule has 1 aromatic carbocycles. The summed E-state index contributed by atoms with van der Waals surface area (Å²) >= 11 is 1.55. The van der Waals surface area contributed by atoms with E-state index in [1.807, 2.05) is 48.2 Å². The van der Waals surface area contributed by atoms with Crippen LogP contribution >= 0.6 is 11.3 Å². The van der Waals surface area contributed by atoms with Crippen LogP contribution in [0.5, 0.6) is 0 Å². The Bertz CT molecular complexity index is 716. The molecule has 0 saturated heterocycles. The zero-order valence-electron chi connectivity index (χ0n) is 10.9. The fourth-order valence-electron chi connectivity index (χ4n) is 2.19. The third-order valence-electron chi connectivity index (χ3n) is 3.23. The van der Waals surface area contributed by atoms with Gasteiger partial charge in [-0.3, -0.25) is 0 Å². The van der Waals surface area contributed by atoms with Crippen molar-refractivity contribution in [3.05, 3.63) is 46.2 Å². The SMILES string of the molecule is Cc1nc(C(O)Cc2nc3ccccc3n2C)cs1. The molecule has 0 aliphatic heterocycles. The van der Waals surface area contributed by atoms with Crippen LogP contribution in [-0.2, 0) is 13.5 Å². The molecule has 3 rings (SSSR count). The van der Waals surface area contributed by atoms with E-state index in [1.54, 1.807) is 11.3 Å². The predicted molar refractivity (Wildman–Crippen MR) is 76.2 cm³/mol. The molecule has 0 saturated carbocycles. The number of imidazole rings is 1. The van der Waals surface area contributed by atoms with E-state index in [0.29, 0.717) is 6.42 Å². The highest BCUT2D eigenvalue weighted by atomic mass is 32.1. The van der Waals surface area contributed by atoms with E-state index in [0.717, 1.165) is 27.6 Å². The standard InChI is InChI=1S/C14H15N3OS/c1-9-15-11(8-19-9)13(18)7-14-16-10-5-3-4-6-12(10)17(14)2/h3-6,8,13,18H,7H2,1-2H3. The largest absolute Gasteiger partial charge is 0.386 e. The molecule has 0 radical (unpaired) electrons. The quantitative estimate of drug-likeness (QED) is 0.798. The van der Waals surface area contributed by atoms with Gasteiger partial charge in [-0.1, -0.05) is 12.1 Å². The first-order valence-electron chi connectivity index (χ1n) is 6.15. The van der Waals surface area contributed by atoms with Crippen molar-refractivity contribution >= 4 is 22.4 Å². The zero-order chi connectivity index (χ0) is 13.4. The first kappa shape index (κ1) is 12.3. The second-order valence-corrected chi connectivity index (χ2v) is 5.65. The predicted octanol–water partition coefficient (Wildman–Crippen LogP) is 2.61. The van der Waals surface area contributed by atoms with E-state index in [4.69, 9.17) is 0 Å². The molecule has 98 valence electrons. The van der Waals surface area contributed by atoms with Crippen molar-refractivity contribution in [3.8, 4) is 0 Å². The van der Waals surface area contributed by atoms with Gasteiger partial charge < -0.3 is 9.67 Å². The zero-order valence-corrected chi connectivity index (χ0v) is 11.7. The molecular weight excluding hydrogens is 258 g/mol. The minimum absolute atomic E-state index is 0.481. The number of rotatable bonds is 3. The maximum absolute atomic E-state index is 10.2. The van der Waals surface area contributed by atoms with E-state index in [2.05, 4.69) is 9.97 Å². The van der Waals surface area contributed by atoms with Crippen LogP contribution in [0.4, 0.5) is 0 Å². The average Bonchev–Trinajstić information content (AvgIpc) is 2.96. The molecule has 3 aromatic rings. The first-order valence-corrected chi connectivity index (χ1v) is 7.03. The molecule has 4 nitrogen and oxygen atoms in total. The van der Waals surface area contributed by atoms with Crippen molar-refractivity contribution in [1.82, 2.24) is 14.5 Å². The third-order valence-corrected chi connectivity index (χ3v) is 4.03. The van der Waals surface area contributed by atoms with Crippen molar-refractivity contribution < 1.29 is 5.11 Å². The van der Waals surface area contributed by atoms with Crippen LogP contribution in [0.1, 0.15) is 22.6 Å². The van der Waals surface area contributed by atoms with Crippen molar-refractivity contribution in [2.24, 2.45) is 7.05 Å². The van der Waals surface area contributed by atoms with Gasteiger partial charge in [-0.2, -0.15) is 0 Å². The number of thiazole rings is 1. The Hall–Kier alpha value is -1.72. The number of para-hydroxylation sites is 2. The lowest BCUT2D eigenvalue weighted by atomic mass is 10.2. The van der Waals surface area contributed by atoms with Gasteiger partial charge in [0.15, 0.2) is 0 Å². The molecule has 0 spiro atoms. The average molecular weight is 273 g/mol. The minimum atomic E-state index is -0.597. The Labute approximate surface area is 115 Å². The summed E-state index contributed by atoms with van der Waals surface area (Å²) in [4.78, 5) is 8.88. The highest BCUT2D eigenvalue weighted by Gasteiger charge is 2.16. The van der Waals surface area contributed by atoms with E-state index in [9.17, 15) is 5.11 Å². The van der Waals surface area contributed by atoms with E-state index >= 15 is 0 Å². The van der Waals surface area contributed by atoms with Crippen molar-refractivity contribution in [2.75, 3.05) is 0 Å². The van der Waals surface area contributed by atoms with Crippen molar-refractivity contribution in [2.45, 2.75) is 19.4 Å².